The molecule has 1 fully saturated rings. The number of ether oxygens (including phenoxy) is 1. The van der Waals surface area contributed by atoms with Crippen molar-refractivity contribution in [1.82, 2.24) is 10.2 Å². The van der Waals surface area contributed by atoms with Crippen molar-refractivity contribution in [3.05, 3.63) is 53.1 Å². The molecule has 1 unspecified atom stereocenters. The molecule has 0 aliphatic carbocycles. The van der Waals surface area contributed by atoms with Crippen LogP contribution in [0.2, 0.25) is 0 Å². The Labute approximate surface area is 186 Å². The van der Waals surface area contributed by atoms with Gasteiger partial charge in [-0.3, -0.25) is 4.90 Å². The van der Waals surface area contributed by atoms with Gasteiger partial charge in [-0.05, 0) is 35.7 Å². The second kappa shape index (κ2) is 10.5. The van der Waals surface area contributed by atoms with E-state index in [0.29, 0.717) is 12.2 Å². The second-order valence-electron chi connectivity index (χ2n) is 7.88. The fourth-order valence-electron chi connectivity index (χ4n) is 3.96. The van der Waals surface area contributed by atoms with Crippen molar-refractivity contribution in [2.75, 3.05) is 44.7 Å². The molecular weight excluding hydrogens is 414 g/mol. The highest BCUT2D eigenvalue weighted by Gasteiger charge is 2.28. The van der Waals surface area contributed by atoms with Gasteiger partial charge in [-0.25, -0.2) is 0 Å². The van der Waals surface area contributed by atoms with E-state index in [4.69, 9.17) is 4.74 Å². The van der Waals surface area contributed by atoms with Crippen LogP contribution in [0.1, 0.15) is 22.8 Å². The molecule has 0 saturated carbocycles. The normalized spacial score (nSPS) is 19.6. The van der Waals surface area contributed by atoms with E-state index in [1.165, 1.54) is 22.9 Å². The number of carbonyl (C=O) groups excluding carboxylic acids is 1. The van der Waals surface area contributed by atoms with E-state index in [9.17, 15) is 15.0 Å². The van der Waals surface area contributed by atoms with Crippen LogP contribution in [-0.4, -0.2) is 66.2 Å². The van der Waals surface area contributed by atoms with Crippen molar-refractivity contribution in [2.45, 2.75) is 29.3 Å². The van der Waals surface area contributed by atoms with Crippen LogP contribution in [0.3, 0.4) is 0 Å². The Kier molecular flexibility index (Phi) is 7.47. The number of fused-ring (bicyclic) bond motifs is 1. The molecule has 166 valence electrons. The summed E-state index contributed by atoms with van der Waals surface area (Å²) in [5, 5.41) is 26.5. The van der Waals surface area contributed by atoms with Crippen LogP contribution in [0.5, 0.6) is 5.75 Å². The van der Waals surface area contributed by atoms with Crippen LogP contribution >= 0.6 is 11.8 Å². The fourth-order valence-corrected chi connectivity index (χ4v) is 5.07. The van der Waals surface area contributed by atoms with Crippen LogP contribution < -0.4 is 10.6 Å². The zero-order valence-electron chi connectivity index (χ0n) is 17.4. The number of phenolic OH excluding ortho intramolecular Hbond substituents is 1. The van der Waals surface area contributed by atoms with E-state index in [1.807, 2.05) is 0 Å². The second-order valence-corrected chi connectivity index (χ2v) is 9.03. The quantitative estimate of drug-likeness (QED) is 0.266. The van der Waals surface area contributed by atoms with Crippen LogP contribution in [-0.2, 0) is 22.5 Å². The van der Waals surface area contributed by atoms with Crippen molar-refractivity contribution in [2.24, 2.45) is 0 Å². The van der Waals surface area contributed by atoms with Crippen molar-refractivity contribution in [3.8, 4) is 5.75 Å². The predicted octanol–water partition coefficient (Wildman–Crippen LogP) is 2.13. The topological polar surface area (TPSA) is 94.1 Å². The molecule has 4 N–H and O–H groups in total. The third-order valence-electron chi connectivity index (χ3n) is 5.61. The Morgan fingerprint density at radius 1 is 1.26 bits per heavy atom. The van der Waals surface area contributed by atoms with Gasteiger partial charge in [0.2, 0.25) is 0 Å². The SMILES string of the molecule is O=CC1Nc2c(O)ccc([C@@H](O)CNCCc3cccc(CN4CCOCC4)c3)c2S1. The molecule has 2 aromatic rings. The number of aldehydes is 1. The summed E-state index contributed by atoms with van der Waals surface area (Å²) >= 11 is 1.32. The number of aliphatic hydroxyl groups excluding tert-OH is 1. The lowest BCUT2D eigenvalue weighted by molar-refractivity contribution is -0.107. The lowest BCUT2D eigenvalue weighted by atomic mass is 10.1. The summed E-state index contributed by atoms with van der Waals surface area (Å²) in [5.41, 5.74) is 3.82. The Morgan fingerprint density at radius 2 is 2.06 bits per heavy atom. The van der Waals surface area contributed by atoms with Gasteiger partial charge in [-0.15, -0.1) is 0 Å². The number of carbonyl (C=O) groups is 1. The molecule has 7 nitrogen and oxygen atoms in total. The Balaban J connectivity index is 1.27. The van der Waals surface area contributed by atoms with E-state index >= 15 is 0 Å². The van der Waals surface area contributed by atoms with E-state index < -0.39 is 11.5 Å². The average Bonchev–Trinajstić information content (AvgIpc) is 3.23. The third kappa shape index (κ3) is 5.58. The standard InChI is InChI=1S/C23H29N3O4S/c27-15-21-25-22-19(28)5-4-18(23(22)31-21)20(29)13-24-7-6-16-2-1-3-17(12-16)14-26-8-10-30-11-9-26/h1-5,12,15,20-21,24-25,28-29H,6-11,13-14H2/t20-,21?/m0/s1. The van der Waals surface area contributed by atoms with Gasteiger partial charge in [0.1, 0.15) is 11.1 Å². The number of hydrogen-bond acceptors (Lipinski definition) is 8. The average molecular weight is 444 g/mol. The van der Waals surface area contributed by atoms with Gasteiger partial charge < -0.3 is 30.4 Å². The van der Waals surface area contributed by atoms with E-state index in [0.717, 1.165) is 62.6 Å². The largest absolute Gasteiger partial charge is 0.506 e. The number of nitrogens with one attached hydrogen (secondary N) is 2. The number of rotatable bonds is 9. The highest BCUT2D eigenvalue weighted by atomic mass is 32.2. The molecule has 31 heavy (non-hydrogen) atoms. The van der Waals surface area contributed by atoms with E-state index in [2.05, 4.69) is 39.8 Å². The molecule has 4 rings (SSSR count). The molecule has 2 aliphatic rings. The van der Waals surface area contributed by atoms with Gasteiger partial charge >= 0.3 is 0 Å². The lowest BCUT2D eigenvalue weighted by Crippen LogP contribution is -2.35. The van der Waals surface area contributed by atoms with Crippen LogP contribution in [0.25, 0.3) is 0 Å². The van der Waals surface area contributed by atoms with Crippen molar-refractivity contribution in [3.63, 3.8) is 0 Å². The maximum absolute atomic E-state index is 11.1. The molecule has 1 saturated heterocycles. The Hall–Kier alpha value is -2.10. The van der Waals surface area contributed by atoms with Gasteiger partial charge in [0, 0.05) is 31.1 Å². The number of anilines is 1. The first kappa shape index (κ1) is 22.1. The summed E-state index contributed by atoms with van der Waals surface area (Å²) in [6.45, 7) is 5.67. The number of aliphatic hydroxyl groups is 1. The predicted molar refractivity (Wildman–Crippen MR) is 122 cm³/mol. The third-order valence-corrected chi connectivity index (χ3v) is 6.77. The Morgan fingerprint density at radius 3 is 2.87 bits per heavy atom. The number of morpholine rings is 1. The summed E-state index contributed by atoms with van der Waals surface area (Å²) in [5.74, 6) is 0.0905. The van der Waals surface area contributed by atoms with E-state index in [-0.39, 0.29) is 5.75 Å². The van der Waals surface area contributed by atoms with Crippen molar-refractivity contribution >= 4 is 23.7 Å². The Bertz CT molecular complexity index is 904. The lowest BCUT2D eigenvalue weighted by Gasteiger charge is -2.26. The molecule has 0 amide bonds. The molecule has 0 spiro atoms. The molecule has 2 heterocycles. The number of phenols is 1. The molecule has 8 heteroatoms. The molecule has 0 bridgehead atoms. The van der Waals surface area contributed by atoms with Crippen molar-refractivity contribution in [1.29, 1.82) is 0 Å². The first-order valence-electron chi connectivity index (χ1n) is 10.6. The number of thioether (sulfide) groups is 1. The first-order valence-corrected chi connectivity index (χ1v) is 11.5. The summed E-state index contributed by atoms with van der Waals surface area (Å²) in [6.07, 6.45) is 0.953. The number of nitrogens with zero attached hydrogens (tertiary/aromatic N) is 1. The van der Waals surface area contributed by atoms with Gasteiger partial charge in [-0.1, -0.05) is 42.1 Å². The summed E-state index contributed by atoms with van der Waals surface area (Å²) in [7, 11) is 0. The molecule has 0 radical (unpaired) electrons. The number of hydrogen-bond donors (Lipinski definition) is 4. The molecule has 2 aromatic carbocycles. The molecule has 2 aliphatic heterocycles. The smallest absolute Gasteiger partial charge is 0.152 e. The maximum atomic E-state index is 11.1. The van der Waals surface area contributed by atoms with Crippen molar-refractivity contribution < 1.29 is 19.7 Å². The van der Waals surface area contributed by atoms with Crippen LogP contribution in [0.4, 0.5) is 5.69 Å². The van der Waals surface area contributed by atoms with E-state index in [1.54, 1.807) is 12.1 Å². The highest BCUT2D eigenvalue weighted by molar-refractivity contribution is 8.01. The molecule has 0 aromatic heterocycles. The summed E-state index contributed by atoms with van der Waals surface area (Å²) in [6, 6.07) is 11.9. The minimum atomic E-state index is -0.721. The van der Waals surface area contributed by atoms with Gasteiger partial charge in [0.05, 0.1) is 25.0 Å². The highest BCUT2D eigenvalue weighted by Crippen LogP contribution is 2.46. The zero-order valence-corrected chi connectivity index (χ0v) is 18.2. The number of aromatic hydroxyl groups is 1. The fraction of sp³-hybridized carbons (Fsp3) is 0.435. The van der Waals surface area contributed by atoms with Gasteiger partial charge in [0.15, 0.2) is 6.29 Å². The minimum absolute atomic E-state index is 0.0905. The maximum Gasteiger partial charge on any atom is 0.152 e. The van der Waals surface area contributed by atoms with Gasteiger partial charge in [0.25, 0.3) is 0 Å². The monoisotopic (exact) mass is 443 g/mol. The van der Waals surface area contributed by atoms with Crippen LogP contribution in [0.15, 0.2) is 41.3 Å². The molecular formula is C23H29N3O4S. The summed E-state index contributed by atoms with van der Waals surface area (Å²) < 4.78 is 5.42. The first-order chi connectivity index (χ1) is 15.1. The molecule has 2 atom stereocenters. The minimum Gasteiger partial charge on any atom is -0.506 e. The number of benzene rings is 2. The zero-order chi connectivity index (χ0) is 21.6. The van der Waals surface area contributed by atoms with Gasteiger partial charge in [-0.2, -0.15) is 0 Å². The van der Waals surface area contributed by atoms with Crippen LogP contribution in [0, 0.1) is 0 Å². The summed E-state index contributed by atoms with van der Waals surface area (Å²) in [4.78, 5) is 14.3.